The van der Waals surface area contributed by atoms with Gasteiger partial charge in [-0.05, 0) is 41.0 Å². The molecule has 0 amide bonds. The first kappa shape index (κ1) is 13.0. The third-order valence-corrected chi connectivity index (χ3v) is 3.99. The molecule has 0 spiro atoms. The molecule has 1 aliphatic carbocycles. The third kappa shape index (κ3) is 2.64. The highest BCUT2D eigenvalue weighted by molar-refractivity contribution is 5.61. The van der Waals surface area contributed by atoms with E-state index in [9.17, 15) is 4.39 Å². The molecule has 1 aromatic heterocycles. The number of hydrogen-bond donors (Lipinski definition) is 1. The number of anilines is 1. The summed E-state index contributed by atoms with van der Waals surface area (Å²) >= 11 is 0. The van der Waals surface area contributed by atoms with Gasteiger partial charge in [-0.1, -0.05) is 25.7 Å². The Hall–Kier alpha value is -1.98. The first-order valence-corrected chi connectivity index (χ1v) is 7.05. The van der Waals surface area contributed by atoms with Gasteiger partial charge in [0.15, 0.2) is 5.82 Å². The van der Waals surface area contributed by atoms with Gasteiger partial charge in [0.1, 0.15) is 5.82 Å². The van der Waals surface area contributed by atoms with E-state index in [1.807, 2.05) is 0 Å². The van der Waals surface area contributed by atoms with Crippen LogP contribution in [-0.4, -0.2) is 20.2 Å². The van der Waals surface area contributed by atoms with E-state index in [4.69, 9.17) is 5.73 Å². The molecule has 1 aliphatic rings. The second-order valence-electron chi connectivity index (χ2n) is 5.40. The fourth-order valence-electron chi connectivity index (χ4n) is 2.87. The van der Waals surface area contributed by atoms with Crippen LogP contribution in [0.1, 0.15) is 32.1 Å². The molecule has 106 valence electrons. The van der Waals surface area contributed by atoms with Gasteiger partial charge < -0.3 is 5.73 Å². The lowest BCUT2D eigenvalue weighted by molar-refractivity contribution is 0.436. The van der Waals surface area contributed by atoms with Crippen molar-refractivity contribution in [2.45, 2.75) is 38.6 Å². The maximum atomic E-state index is 13.9. The highest BCUT2D eigenvalue weighted by Gasteiger charge is 2.18. The number of benzene rings is 1. The van der Waals surface area contributed by atoms with E-state index in [1.165, 1.54) is 37.8 Å². The fourth-order valence-corrected chi connectivity index (χ4v) is 2.87. The Morgan fingerprint density at radius 3 is 2.90 bits per heavy atom. The molecule has 6 heteroatoms. The Balaban J connectivity index is 1.80. The Labute approximate surface area is 117 Å². The van der Waals surface area contributed by atoms with Crippen LogP contribution in [0.5, 0.6) is 0 Å². The summed E-state index contributed by atoms with van der Waals surface area (Å²) in [5, 5.41) is 11.6. The van der Waals surface area contributed by atoms with Gasteiger partial charge in [0.05, 0.1) is 5.56 Å². The van der Waals surface area contributed by atoms with Gasteiger partial charge in [0.25, 0.3) is 0 Å². The quantitative estimate of drug-likeness (QED) is 0.871. The summed E-state index contributed by atoms with van der Waals surface area (Å²) in [6.45, 7) is 0.723. The van der Waals surface area contributed by atoms with Gasteiger partial charge in [-0.2, -0.15) is 0 Å². The molecule has 0 unspecified atom stereocenters. The lowest BCUT2D eigenvalue weighted by Crippen LogP contribution is -2.07. The molecule has 0 saturated heterocycles. The number of nitrogens with zero attached hydrogens (tertiary/aromatic N) is 4. The molecule has 0 atom stereocenters. The molecule has 2 aromatic rings. The maximum absolute atomic E-state index is 13.9. The number of aryl methyl sites for hydroxylation is 1. The molecular weight excluding hydrogens is 257 g/mol. The third-order valence-electron chi connectivity index (χ3n) is 3.99. The molecule has 20 heavy (non-hydrogen) atoms. The van der Waals surface area contributed by atoms with Crippen molar-refractivity contribution < 1.29 is 4.39 Å². The Morgan fingerprint density at radius 2 is 2.10 bits per heavy atom. The van der Waals surface area contributed by atoms with Crippen LogP contribution in [0.4, 0.5) is 10.1 Å². The molecule has 1 heterocycles. The van der Waals surface area contributed by atoms with Crippen molar-refractivity contribution in [1.29, 1.82) is 0 Å². The lowest BCUT2D eigenvalue weighted by atomic mass is 10.0. The van der Waals surface area contributed by atoms with Crippen LogP contribution in [0.3, 0.4) is 0 Å². The van der Waals surface area contributed by atoms with Crippen molar-refractivity contribution in [1.82, 2.24) is 20.2 Å². The molecule has 1 fully saturated rings. The zero-order chi connectivity index (χ0) is 13.9. The van der Waals surface area contributed by atoms with E-state index in [-0.39, 0.29) is 5.82 Å². The molecule has 5 nitrogen and oxygen atoms in total. The number of hydrogen-bond acceptors (Lipinski definition) is 4. The van der Waals surface area contributed by atoms with Crippen molar-refractivity contribution in [3.63, 3.8) is 0 Å². The summed E-state index contributed by atoms with van der Waals surface area (Å²) in [5.41, 5.74) is 6.58. The number of nitrogen functional groups attached to an aromatic ring is 1. The molecule has 1 saturated carbocycles. The number of rotatable bonds is 4. The fraction of sp³-hybridized carbons (Fsp3) is 0.500. The summed E-state index contributed by atoms with van der Waals surface area (Å²) in [5.74, 6) is 0.849. The average molecular weight is 275 g/mol. The number of halogens is 1. The van der Waals surface area contributed by atoms with Gasteiger partial charge in [0.2, 0.25) is 0 Å². The van der Waals surface area contributed by atoms with E-state index < -0.39 is 0 Å². The van der Waals surface area contributed by atoms with Crippen LogP contribution in [-0.2, 0) is 6.54 Å². The minimum atomic E-state index is -0.351. The van der Waals surface area contributed by atoms with E-state index in [2.05, 4.69) is 15.5 Å². The van der Waals surface area contributed by atoms with Crippen molar-refractivity contribution >= 4 is 5.69 Å². The monoisotopic (exact) mass is 275 g/mol. The molecule has 1 aromatic carbocycles. The summed E-state index contributed by atoms with van der Waals surface area (Å²) < 4.78 is 15.6. The minimum Gasteiger partial charge on any atom is -0.399 e. The van der Waals surface area contributed by atoms with E-state index in [1.54, 1.807) is 10.7 Å². The Morgan fingerprint density at radius 1 is 1.30 bits per heavy atom. The van der Waals surface area contributed by atoms with Gasteiger partial charge in [0, 0.05) is 12.2 Å². The predicted molar refractivity (Wildman–Crippen MR) is 74.2 cm³/mol. The topological polar surface area (TPSA) is 69.6 Å². The van der Waals surface area contributed by atoms with Crippen molar-refractivity contribution in [2.75, 3.05) is 5.73 Å². The van der Waals surface area contributed by atoms with E-state index in [0.717, 1.165) is 18.9 Å². The number of tetrazole rings is 1. The first-order chi connectivity index (χ1) is 9.74. The molecule has 0 aliphatic heterocycles. The largest absolute Gasteiger partial charge is 0.399 e. The van der Waals surface area contributed by atoms with Crippen LogP contribution < -0.4 is 5.73 Å². The number of nitrogens with two attached hydrogens (primary N) is 1. The molecule has 3 rings (SSSR count). The second-order valence-corrected chi connectivity index (χ2v) is 5.40. The van der Waals surface area contributed by atoms with E-state index >= 15 is 0 Å². The first-order valence-electron chi connectivity index (χ1n) is 7.05. The molecule has 0 bridgehead atoms. The summed E-state index contributed by atoms with van der Waals surface area (Å²) in [6, 6.07) is 4.46. The van der Waals surface area contributed by atoms with Crippen LogP contribution >= 0.6 is 0 Å². The summed E-state index contributed by atoms with van der Waals surface area (Å²) in [4.78, 5) is 0. The standard InChI is InChI=1S/C14H18FN5/c15-13-6-5-11(16)9-12(13)14-17-18-19-20(14)8-7-10-3-1-2-4-10/h5-6,9-10H,1-4,7-8,16H2. The lowest BCUT2D eigenvalue weighted by Gasteiger charge is -2.10. The maximum Gasteiger partial charge on any atom is 0.185 e. The SMILES string of the molecule is Nc1ccc(F)c(-c2nnnn2CCC2CCCC2)c1. The molecule has 0 radical (unpaired) electrons. The van der Waals surface area contributed by atoms with Crippen molar-refractivity contribution in [3.8, 4) is 11.4 Å². The van der Waals surface area contributed by atoms with Crippen LogP contribution in [0.25, 0.3) is 11.4 Å². The van der Waals surface area contributed by atoms with Crippen LogP contribution in [0.15, 0.2) is 18.2 Å². The molecular formula is C14H18FN5. The van der Waals surface area contributed by atoms with Gasteiger partial charge in [-0.3, -0.25) is 0 Å². The number of aromatic nitrogens is 4. The highest BCUT2D eigenvalue weighted by Crippen LogP contribution is 2.29. The van der Waals surface area contributed by atoms with Gasteiger partial charge >= 0.3 is 0 Å². The zero-order valence-corrected chi connectivity index (χ0v) is 11.3. The van der Waals surface area contributed by atoms with Crippen LogP contribution in [0, 0.1) is 11.7 Å². The smallest absolute Gasteiger partial charge is 0.185 e. The van der Waals surface area contributed by atoms with Crippen molar-refractivity contribution in [3.05, 3.63) is 24.0 Å². The molecule has 2 N–H and O–H groups in total. The highest BCUT2D eigenvalue weighted by atomic mass is 19.1. The summed E-state index contributed by atoms with van der Waals surface area (Å²) in [7, 11) is 0. The Kier molecular flexibility index (Phi) is 3.62. The minimum absolute atomic E-state index is 0.351. The second kappa shape index (κ2) is 5.56. The normalized spacial score (nSPS) is 15.8. The average Bonchev–Trinajstić information content (AvgIpc) is 3.09. The summed E-state index contributed by atoms with van der Waals surface area (Å²) in [6.07, 6.45) is 6.24. The Bertz CT molecular complexity index is 589. The van der Waals surface area contributed by atoms with E-state index in [0.29, 0.717) is 17.1 Å². The van der Waals surface area contributed by atoms with Crippen molar-refractivity contribution in [2.24, 2.45) is 5.92 Å². The predicted octanol–water partition coefficient (Wildman–Crippen LogP) is 2.64. The van der Waals surface area contributed by atoms with Gasteiger partial charge in [-0.15, -0.1) is 5.10 Å². The van der Waals surface area contributed by atoms with Crippen LogP contribution in [0.2, 0.25) is 0 Å². The zero-order valence-electron chi connectivity index (χ0n) is 11.3. The van der Waals surface area contributed by atoms with Gasteiger partial charge in [-0.25, -0.2) is 9.07 Å².